The number of sulfonamides is 1. The Bertz CT molecular complexity index is 324. The third-order valence-electron chi connectivity index (χ3n) is 2.85. The van der Waals surface area contributed by atoms with E-state index in [1.165, 1.54) is 10.4 Å². The van der Waals surface area contributed by atoms with Gasteiger partial charge in [0.1, 0.15) is 0 Å². The molecular weight excluding hydrogens is 240 g/mol. The van der Waals surface area contributed by atoms with Gasteiger partial charge in [0.25, 0.3) is 0 Å². The summed E-state index contributed by atoms with van der Waals surface area (Å²) in [6, 6.07) is 0.270. The summed E-state index contributed by atoms with van der Waals surface area (Å²) in [7, 11) is -1.66. The van der Waals surface area contributed by atoms with Crippen molar-refractivity contribution < 1.29 is 13.2 Å². The predicted octanol–water partition coefficient (Wildman–Crippen LogP) is 0.203. The lowest BCUT2D eigenvalue weighted by Crippen LogP contribution is -2.43. The second-order valence-electron chi connectivity index (χ2n) is 4.21. The normalized spacial score (nSPS) is 20.9. The van der Waals surface area contributed by atoms with Gasteiger partial charge in [-0.3, -0.25) is 0 Å². The number of methoxy groups -OCH3 is 1. The summed E-state index contributed by atoms with van der Waals surface area (Å²) in [5.41, 5.74) is 0. The highest BCUT2D eigenvalue weighted by atomic mass is 32.2. The molecule has 1 saturated heterocycles. The lowest BCUT2D eigenvalue weighted by atomic mass is 10.2. The molecule has 6 heteroatoms. The molecule has 17 heavy (non-hydrogen) atoms. The summed E-state index contributed by atoms with van der Waals surface area (Å²) in [5, 5.41) is 3.30. The van der Waals surface area contributed by atoms with E-state index in [-0.39, 0.29) is 11.8 Å². The Morgan fingerprint density at radius 1 is 1.59 bits per heavy atom. The first-order valence-electron chi connectivity index (χ1n) is 5.91. The first-order chi connectivity index (χ1) is 8.10. The van der Waals surface area contributed by atoms with E-state index in [0.717, 1.165) is 19.4 Å². The number of hydrogen-bond donors (Lipinski definition) is 1. The number of nitrogens with zero attached hydrogens (tertiary/aromatic N) is 1. The van der Waals surface area contributed by atoms with Gasteiger partial charge in [0.15, 0.2) is 0 Å². The van der Waals surface area contributed by atoms with Gasteiger partial charge in [-0.15, -0.1) is 6.58 Å². The van der Waals surface area contributed by atoms with Crippen LogP contribution in [0.1, 0.15) is 12.8 Å². The Labute approximate surface area is 104 Å². The van der Waals surface area contributed by atoms with Crippen molar-refractivity contribution in [1.29, 1.82) is 0 Å². The zero-order valence-corrected chi connectivity index (χ0v) is 11.2. The van der Waals surface area contributed by atoms with E-state index in [1.807, 2.05) is 0 Å². The minimum atomic E-state index is -3.24. The highest BCUT2D eigenvalue weighted by Crippen LogP contribution is 2.10. The Balaban J connectivity index is 2.61. The van der Waals surface area contributed by atoms with Gasteiger partial charge in [0.2, 0.25) is 10.0 Å². The summed E-state index contributed by atoms with van der Waals surface area (Å²) < 4.78 is 30.5. The average molecular weight is 262 g/mol. The topological polar surface area (TPSA) is 58.6 Å². The molecule has 0 aromatic heterocycles. The summed E-state index contributed by atoms with van der Waals surface area (Å²) in [4.78, 5) is 0. The molecule has 1 fully saturated rings. The highest BCUT2D eigenvalue weighted by molar-refractivity contribution is 7.89. The summed E-state index contributed by atoms with van der Waals surface area (Å²) in [6.45, 7) is 5.82. The van der Waals surface area contributed by atoms with Crippen LogP contribution in [-0.4, -0.2) is 57.9 Å². The molecule has 0 spiro atoms. The van der Waals surface area contributed by atoms with E-state index in [0.29, 0.717) is 19.7 Å². The van der Waals surface area contributed by atoms with Gasteiger partial charge in [0, 0.05) is 26.2 Å². The van der Waals surface area contributed by atoms with Crippen LogP contribution in [0.2, 0.25) is 0 Å². The van der Waals surface area contributed by atoms with Crippen LogP contribution in [0.15, 0.2) is 12.7 Å². The molecule has 5 nitrogen and oxygen atoms in total. The molecule has 0 bridgehead atoms. The van der Waals surface area contributed by atoms with Crippen molar-refractivity contribution in [2.24, 2.45) is 0 Å². The standard InChI is InChI=1S/C11H22N2O3S/c1-3-9-17(14,15)13(7-8-16-2)10-11-5-4-6-12-11/h3,11-12H,1,4-10H2,2H3. The minimum Gasteiger partial charge on any atom is -0.383 e. The Kier molecular flexibility index (Phi) is 6.11. The minimum absolute atomic E-state index is 0.0105. The molecule has 1 rings (SSSR count). The van der Waals surface area contributed by atoms with E-state index >= 15 is 0 Å². The first-order valence-corrected chi connectivity index (χ1v) is 7.52. The van der Waals surface area contributed by atoms with Crippen LogP contribution in [0.4, 0.5) is 0 Å². The van der Waals surface area contributed by atoms with Crippen molar-refractivity contribution in [2.45, 2.75) is 18.9 Å². The molecule has 0 aliphatic carbocycles. The molecule has 0 amide bonds. The lowest BCUT2D eigenvalue weighted by molar-refractivity contribution is 0.176. The van der Waals surface area contributed by atoms with Crippen LogP contribution < -0.4 is 5.32 Å². The third kappa shape index (κ3) is 4.75. The zero-order chi connectivity index (χ0) is 12.7. The lowest BCUT2D eigenvalue weighted by Gasteiger charge is -2.24. The first kappa shape index (κ1) is 14.6. The molecule has 1 aliphatic rings. The summed E-state index contributed by atoms with van der Waals surface area (Å²) >= 11 is 0. The predicted molar refractivity (Wildman–Crippen MR) is 68.5 cm³/mol. The van der Waals surface area contributed by atoms with Crippen molar-refractivity contribution in [2.75, 3.05) is 39.1 Å². The van der Waals surface area contributed by atoms with Crippen molar-refractivity contribution in [3.05, 3.63) is 12.7 Å². The zero-order valence-electron chi connectivity index (χ0n) is 10.4. The molecule has 0 aromatic rings. The summed E-state index contributed by atoms with van der Waals surface area (Å²) in [6.07, 6.45) is 3.58. The van der Waals surface area contributed by atoms with Crippen LogP contribution >= 0.6 is 0 Å². The van der Waals surface area contributed by atoms with Gasteiger partial charge in [-0.05, 0) is 19.4 Å². The number of nitrogens with one attached hydrogen (secondary N) is 1. The maximum absolute atomic E-state index is 12.0. The molecule has 0 aromatic carbocycles. The SMILES string of the molecule is C=CCS(=O)(=O)N(CCOC)CC1CCCN1. The Morgan fingerprint density at radius 2 is 2.35 bits per heavy atom. The van der Waals surface area contributed by atoms with Crippen molar-refractivity contribution in [3.63, 3.8) is 0 Å². The van der Waals surface area contributed by atoms with Crippen LogP contribution in [0.3, 0.4) is 0 Å². The molecule has 1 N–H and O–H groups in total. The van der Waals surface area contributed by atoms with E-state index in [1.54, 1.807) is 7.11 Å². The quantitative estimate of drug-likeness (QED) is 0.635. The molecule has 1 heterocycles. The third-order valence-corrected chi connectivity index (χ3v) is 4.63. The fraction of sp³-hybridized carbons (Fsp3) is 0.818. The van der Waals surface area contributed by atoms with Crippen molar-refractivity contribution >= 4 is 10.0 Å². The van der Waals surface area contributed by atoms with Crippen LogP contribution in [0.5, 0.6) is 0 Å². The van der Waals surface area contributed by atoms with Gasteiger partial charge >= 0.3 is 0 Å². The second kappa shape index (κ2) is 7.10. The van der Waals surface area contributed by atoms with Gasteiger partial charge in [-0.2, -0.15) is 4.31 Å². The van der Waals surface area contributed by atoms with Gasteiger partial charge in [-0.25, -0.2) is 8.42 Å². The van der Waals surface area contributed by atoms with Crippen molar-refractivity contribution in [1.82, 2.24) is 9.62 Å². The molecule has 1 aliphatic heterocycles. The Hall–Kier alpha value is -0.430. The van der Waals surface area contributed by atoms with Gasteiger partial charge < -0.3 is 10.1 Å². The number of rotatable bonds is 8. The van der Waals surface area contributed by atoms with E-state index in [4.69, 9.17) is 4.74 Å². The van der Waals surface area contributed by atoms with Crippen molar-refractivity contribution in [3.8, 4) is 0 Å². The number of hydrogen-bond acceptors (Lipinski definition) is 4. The molecular formula is C11H22N2O3S. The van der Waals surface area contributed by atoms with Gasteiger partial charge in [0.05, 0.1) is 12.4 Å². The molecule has 0 saturated carbocycles. The fourth-order valence-corrected chi connectivity index (χ4v) is 3.22. The average Bonchev–Trinajstić information content (AvgIpc) is 2.76. The van der Waals surface area contributed by atoms with E-state index in [9.17, 15) is 8.42 Å². The molecule has 100 valence electrons. The monoisotopic (exact) mass is 262 g/mol. The fourth-order valence-electron chi connectivity index (χ4n) is 1.95. The molecule has 0 radical (unpaired) electrons. The number of ether oxygens (including phenoxy) is 1. The van der Waals surface area contributed by atoms with Gasteiger partial charge in [-0.1, -0.05) is 6.08 Å². The maximum atomic E-state index is 12.0. The highest BCUT2D eigenvalue weighted by Gasteiger charge is 2.25. The van der Waals surface area contributed by atoms with Crippen LogP contribution in [-0.2, 0) is 14.8 Å². The van der Waals surface area contributed by atoms with Crippen LogP contribution in [0, 0.1) is 0 Å². The van der Waals surface area contributed by atoms with E-state index in [2.05, 4.69) is 11.9 Å². The Morgan fingerprint density at radius 3 is 2.88 bits per heavy atom. The maximum Gasteiger partial charge on any atom is 0.217 e. The summed E-state index contributed by atoms with van der Waals surface area (Å²) in [5.74, 6) is -0.0105. The smallest absolute Gasteiger partial charge is 0.217 e. The second-order valence-corrected chi connectivity index (χ2v) is 6.22. The molecule has 1 unspecified atom stereocenters. The largest absolute Gasteiger partial charge is 0.383 e. The molecule has 1 atom stereocenters. The van der Waals surface area contributed by atoms with Crippen LogP contribution in [0.25, 0.3) is 0 Å². The van der Waals surface area contributed by atoms with E-state index < -0.39 is 10.0 Å².